The van der Waals surface area contributed by atoms with E-state index in [-0.39, 0.29) is 0 Å². The Labute approximate surface area is 64.3 Å². The van der Waals surface area contributed by atoms with Crippen LogP contribution in [-0.4, -0.2) is 0 Å². The van der Waals surface area contributed by atoms with E-state index in [2.05, 4.69) is 20.4 Å². The van der Waals surface area contributed by atoms with Gasteiger partial charge in [-0.2, -0.15) is 0 Å². The summed E-state index contributed by atoms with van der Waals surface area (Å²) >= 11 is 0. The van der Waals surface area contributed by atoms with Crippen molar-refractivity contribution in [2.75, 3.05) is 0 Å². The third kappa shape index (κ3) is 1.86. The molecule has 1 aliphatic carbocycles. The summed E-state index contributed by atoms with van der Waals surface area (Å²) in [5.74, 6) is 1.98. The molecule has 0 amide bonds. The van der Waals surface area contributed by atoms with Crippen LogP contribution in [0.15, 0.2) is 12.2 Å². The highest BCUT2D eigenvalue weighted by molar-refractivity contribution is 4.97. The minimum absolute atomic E-state index is 0.988. The number of hydrogen-bond donors (Lipinski definition) is 0. The van der Waals surface area contributed by atoms with Gasteiger partial charge in [-0.05, 0) is 37.5 Å². The monoisotopic (exact) mass is 138 g/mol. The van der Waals surface area contributed by atoms with E-state index in [4.69, 9.17) is 0 Å². The molecule has 0 unspecified atom stereocenters. The summed E-state index contributed by atoms with van der Waals surface area (Å²) < 4.78 is 0. The zero-order chi connectivity index (χ0) is 7.56. The predicted molar refractivity (Wildman–Crippen MR) is 45.9 cm³/mol. The minimum atomic E-state index is 0.988. The van der Waals surface area contributed by atoms with Gasteiger partial charge in [-0.3, -0.25) is 0 Å². The first-order valence-electron chi connectivity index (χ1n) is 4.39. The Kier molecular flexibility index (Phi) is 2.53. The zero-order valence-electron chi connectivity index (χ0n) is 7.19. The van der Waals surface area contributed by atoms with Gasteiger partial charge in [0, 0.05) is 0 Å². The fourth-order valence-electron chi connectivity index (χ4n) is 1.79. The maximum absolute atomic E-state index is 4.02. The van der Waals surface area contributed by atoms with E-state index in [0.29, 0.717) is 0 Å². The summed E-state index contributed by atoms with van der Waals surface area (Å²) in [6, 6.07) is 0. The molecule has 1 fully saturated rings. The summed E-state index contributed by atoms with van der Waals surface area (Å²) in [5.41, 5.74) is 1.44. The fraction of sp³-hybridized carbons (Fsp3) is 0.800. The Morgan fingerprint density at radius 1 is 1.50 bits per heavy atom. The summed E-state index contributed by atoms with van der Waals surface area (Å²) in [4.78, 5) is 0. The third-order valence-electron chi connectivity index (χ3n) is 2.55. The lowest BCUT2D eigenvalue weighted by atomic mass is 9.73. The first-order chi connectivity index (χ1) is 4.72. The van der Waals surface area contributed by atoms with Crippen molar-refractivity contribution < 1.29 is 0 Å². The first-order valence-corrected chi connectivity index (χ1v) is 4.39. The second-order valence-corrected chi connectivity index (χ2v) is 3.75. The highest BCUT2D eigenvalue weighted by Crippen LogP contribution is 2.37. The van der Waals surface area contributed by atoms with Crippen LogP contribution >= 0.6 is 0 Å². The van der Waals surface area contributed by atoms with Gasteiger partial charge >= 0.3 is 0 Å². The average Bonchev–Trinajstić information content (AvgIpc) is 1.84. The van der Waals surface area contributed by atoms with Crippen molar-refractivity contribution in [3.05, 3.63) is 12.2 Å². The Morgan fingerprint density at radius 3 is 2.50 bits per heavy atom. The van der Waals surface area contributed by atoms with Crippen LogP contribution in [0.1, 0.15) is 39.5 Å². The molecule has 1 rings (SSSR count). The van der Waals surface area contributed by atoms with E-state index in [0.717, 1.165) is 11.8 Å². The molecule has 0 spiro atoms. The van der Waals surface area contributed by atoms with E-state index in [1.807, 2.05) is 0 Å². The zero-order valence-corrected chi connectivity index (χ0v) is 7.19. The molecule has 0 bridgehead atoms. The van der Waals surface area contributed by atoms with E-state index in [1.54, 1.807) is 0 Å². The van der Waals surface area contributed by atoms with Crippen molar-refractivity contribution in [1.82, 2.24) is 0 Å². The quantitative estimate of drug-likeness (QED) is 0.524. The molecule has 0 N–H and O–H groups in total. The van der Waals surface area contributed by atoms with Gasteiger partial charge < -0.3 is 0 Å². The summed E-state index contributed by atoms with van der Waals surface area (Å²) in [5, 5.41) is 0. The topological polar surface area (TPSA) is 0 Å². The summed E-state index contributed by atoms with van der Waals surface area (Å²) in [6.45, 7) is 8.56. The Hall–Kier alpha value is -0.260. The van der Waals surface area contributed by atoms with Crippen LogP contribution < -0.4 is 0 Å². The summed E-state index contributed by atoms with van der Waals surface area (Å²) in [6.07, 6.45) is 5.35. The average molecular weight is 138 g/mol. The highest BCUT2D eigenvalue weighted by Gasteiger charge is 2.24. The van der Waals surface area contributed by atoms with Gasteiger partial charge in [0.1, 0.15) is 0 Å². The van der Waals surface area contributed by atoms with E-state index in [1.165, 1.54) is 31.3 Å². The van der Waals surface area contributed by atoms with Crippen molar-refractivity contribution in [2.24, 2.45) is 11.8 Å². The van der Waals surface area contributed by atoms with Crippen LogP contribution in [0.25, 0.3) is 0 Å². The fourth-order valence-corrected chi connectivity index (χ4v) is 1.79. The molecule has 0 aromatic heterocycles. The maximum atomic E-state index is 4.02. The van der Waals surface area contributed by atoms with Crippen LogP contribution in [0.4, 0.5) is 0 Å². The molecular formula is C10H18. The molecule has 0 radical (unpaired) electrons. The van der Waals surface area contributed by atoms with Crippen LogP contribution in [0.5, 0.6) is 0 Å². The van der Waals surface area contributed by atoms with Crippen LogP contribution in [-0.2, 0) is 0 Å². The molecule has 1 saturated carbocycles. The second kappa shape index (κ2) is 3.23. The predicted octanol–water partition coefficient (Wildman–Crippen LogP) is 3.39. The highest BCUT2D eigenvalue weighted by atomic mass is 14.3. The van der Waals surface area contributed by atoms with Crippen molar-refractivity contribution in [3.8, 4) is 0 Å². The Bertz CT molecular complexity index is 118. The standard InChI is InChI=1S/C10H18/c1-4-8(2)5-10-6-9(3)7-10/h9-10H,2,4-7H2,1,3H3. The molecule has 58 valence electrons. The molecule has 0 aromatic rings. The normalized spacial score (nSPS) is 31.4. The molecule has 0 heterocycles. The Balaban J connectivity index is 2.10. The molecule has 1 aliphatic rings. The number of hydrogen-bond acceptors (Lipinski definition) is 0. The lowest BCUT2D eigenvalue weighted by Gasteiger charge is -2.33. The van der Waals surface area contributed by atoms with Gasteiger partial charge in [-0.25, -0.2) is 0 Å². The molecule has 10 heavy (non-hydrogen) atoms. The molecule has 0 saturated heterocycles. The third-order valence-corrected chi connectivity index (χ3v) is 2.55. The second-order valence-electron chi connectivity index (χ2n) is 3.75. The van der Waals surface area contributed by atoms with Gasteiger partial charge in [0.2, 0.25) is 0 Å². The lowest BCUT2D eigenvalue weighted by Crippen LogP contribution is -2.20. The molecule has 0 atom stereocenters. The van der Waals surface area contributed by atoms with E-state index >= 15 is 0 Å². The number of rotatable bonds is 3. The smallest absolute Gasteiger partial charge is 0.0294 e. The van der Waals surface area contributed by atoms with Crippen LogP contribution in [0.3, 0.4) is 0 Å². The van der Waals surface area contributed by atoms with Crippen LogP contribution in [0.2, 0.25) is 0 Å². The van der Waals surface area contributed by atoms with Crippen molar-refractivity contribution in [2.45, 2.75) is 39.5 Å². The SMILES string of the molecule is C=C(CC)CC1CC(C)C1. The van der Waals surface area contributed by atoms with Gasteiger partial charge in [-0.1, -0.05) is 26.0 Å². The van der Waals surface area contributed by atoms with Crippen molar-refractivity contribution in [1.29, 1.82) is 0 Å². The molecular weight excluding hydrogens is 120 g/mol. The molecule has 0 heteroatoms. The first kappa shape index (κ1) is 7.84. The van der Waals surface area contributed by atoms with E-state index < -0.39 is 0 Å². The van der Waals surface area contributed by atoms with Gasteiger partial charge in [-0.15, -0.1) is 0 Å². The molecule has 0 aliphatic heterocycles. The van der Waals surface area contributed by atoms with Crippen molar-refractivity contribution in [3.63, 3.8) is 0 Å². The molecule has 0 nitrogen and oxygen atoms in total. The van der Waals surface area contributed by atoms with Gasteiger partial charge in [0.15, 0.2) is 0 Å². The van der Waals surface area contributed by atoms with Gasteiger partial charge in [0.25, 0.3) is 0 Å². The summed E-state index contributed by atoms with van der Waals surface area (Å²) in [7, 11) is 0. The largest absolute Gasteiger partial charge is 0.0999 e. The van der Waals surface area contributed by atoms with Crippen LogP contribution in [0, 0.1) is 11.8 Å². The number of allylic oxidation sites excluding steroid dienone is 1. The molecule has 0 aromatic carbocycles. The Morgan fingerprint density at radius 2 is 2.10 bits per heavy atom. The lowest BCUT2D eigenvalue weighted by molar-refractivity contribution is 0.210. The van der Waals surface area contributed by atoms with Gasteiger partial charge in [0.05, 0.1) is 0 Å². The van der Waals surface area contributed by atoms with E-state index in [9.17, 15) is 0 Å². The maximum Gasteiger partial charge on any atom is -0.0294 e. The van der Waals surface area contributed by atoms with Crippen molar-refractivity contribution >= 4 is 0 Å². The minimum Gasteiger partial charge on any atom is -0.0999 e.